The molecule has 0 bridgehead atoms. The van der Waals surface area contributed by atoms with Crippen LogP contribution in [-0.4, -0.2) is 11.2 Å². The second-order valence-electron chi connectivity index (χ2n) is 6.88. The molecule has 1 N–H and O–H groups in total. The van der Waals surface area contributed by atoms with Crippen molar-refractivity contribution in [2.75, 3.05) is 0 Å². The van der Waals surface area contributed by atoms with Crippen LogP contribution in [-0.2, 0) is 6.42 Å². The average Bonchev–Trinajstić information content (AvgIpc) is 2.46. The topological polar surface area (TPSA) is 20.2 Å². The third-order valence-corrected chi connectivity index (χ3v) is 5.06. The van der Waals surface area contributed by atoms with E-state index in [1.807, 2.05) is 0 Å². The fourth-order valence-corrected chi connectivity index (χ4v) is 3.58. The normalized spacial score (nSPS) is 26.9. The van der Waals surface area contributed by atoms with Crippen molar-refractivity contribution >= 4 is 0 Å². The molecule has 3 unspecified atom stereocenters. The van der Waals surface area contributed by atoms with Gasteiger partial charge in [0.2, 0.25) is 0 Å². The van der Waals surface area contributed by atoms with E-state index < -0.39 is 0 Å². The molecule has 1 aliphatic rings. The molecule has 0 radical (unpaired) electrons. The Morgan fingerprint density at radius 2 is 1.85 bits per heavy atom. The summed E-state index contributed by atoms with van der Waals surface area (Å²) >= 11 is 0. The maximum atomic E-state index is 10.2. The molecule has 112 valence electrons. The van der Waals surface area contributed by atoms with Gasteiger partial charge in [-0.1, -0.05) is 50.6 Å². The Morgan fingerprint density at radius 3 is 2.55 bits per heavy atom. The maximum Gasteiger partial charge on any atom is 0.0568 e. The SMILES string of the molecule is CC(C)C1CCC(O)C(CCCCc2ccccc2)C1. The molecule has 1 heteroatoms. The lowest BCUT2D eigenvalue weighted by atomic mass is 9.73. The van der Waals surface area contributed by atoms with Crippen molar-refractivity contribution in [1.29, 1.82) is 0 Å². The van der Waals surface area contributed by atoms with Gasteiger partial charge in [-0.25, -0.2) is 0 Å². The Hall–Kier alpha value is -0.820. The summed E-state index contributed by atoms with van der Waals surface area (Å²) in [7, 11) is 0. The minimum atomic E-state index is -0.0401. The van der Waals surface area contributed by atoms with Gasteiger partial charge >= 0.3 is 0 Å². The van der Waals surface area contributed by atoms with Crippen molar-refractivity contribution in [3.05, 3.63) is 35.9 Å². The molecule has 1 aromatic rings. The third kappa shape index (κ3) is 4.63. The fraction of sp³-hybridized carbons (Fsp3) is 0.684. The first-order valence-electron chi connectivity index (χ1n) is 8.39. The maximum absolute atomic E-state index is 10.2. The number of aryl methyl sites for hydroxylation is 1. The van der Waals surface area contributed by atoms with Gasteiger partial charge in [0, 0.05) is 0 Å². The minimum absolute atomic E-state index is 0.0401. The predicted octanol–water partition coefficient (Wildman–Crippen LogP) is 4.83. The quantitative estimate of drug-likeness (QED) is 0.736. The Labute approximate surface area is 124 Å². The van der Waals surface area contributed by atoms with Gasteiger partial charge in [0.1, 0.15) is 0 Å². The molecule has 0 heterocycles. The standard InChI is InChI=1S/C19H30O/c1-15(2)17-12-13-19(20)18(14-17)11-7-6-10-16-8-4-3-5-9-16/h3-5,8-9,15,17-20H,6-7,10-14H2,1-2H3. The van der Waals surface area contributed by atoms with Gasteiger partial charge in [-0.15, -0.1) is 0 Å². The van der Waals surface area contributed by atoms with E-state index in [0.717, 1.165) is 18.3 Å². The van der Waals surface area contributed by atoms with Gasteiger partial charge in [0.15, 0.2) is 0 Å². The first kappa shape index (κ1) is 15.6. The molecule has 2 rings (SSSR count). The van der Waals surface area contributed by atoms with Crippen molar-refractivity contribution in [2.24, 2.45) is 17.8 Å². The van der Waals surface area contributed by atoms with Crippen LogP contribution in [0, 0.1) is 17.8 Å². The Kier molecular flexibility index (Phi) is 6.09. The summed E-state index contributed by atoms with van der Waals surface area (Å²) in [6.45, 7) is 4.66. The summed E-state index contributed by atoms with van der Waals surface area (Å²) in [6, 6.07) is 10.7. The highest BCUT2D eigenvalue weighted by Gasteiger charge is 2.29. The van der Waals surface area contributed by atoms with Crippen LogP contribution >= 0.6 is 0 Å². The molecule has 0 amide bonds. The van der Waals surface area contributed by atoms with Gasteiger partial charge in [-0.2, -0.15) is 0 Å². The molecule has 0 aromatic heterocycles. The van der Waals surface area contributed by atoms with E-state index in [2.05, 4.69) is 44.2 Å². The molecular formula is C19H30O. The highest BCUT2D eigenvalue weighted by Crippen LogP contribution is 2.36. The van der Waals surface area contributed by atoms with E-state index in [1.54, 1.807) is 0 Å². The number of rotatable bonds is 6. The van der Waals surface area contributed by atoms with Crippen LogP contribution in [0.15, 0.2) is 30.3 Å². The van der Waals surface area contributed by atoms with E-state index in [4.69, 9.17) is 0 Å². The molecule has 1 saturated carbocycles. The second-order valence-corrected chi connectivity index (χ2v) is 6.88. The smallest absolute Gasteiger partial charge is 0.0568 e. The van der Waals surface area contributed by atoms with E-state index in [-0.39, 0.29) is 6.10 Å². The van der Waals surface area contributed by atoms with Crippen LogP contribution < -0.4 is 0 Å². The van der Waals surface area contributed by atoms with Crippen molar-refractivity contribution in [2.45, 2.75) is 64.9 Å². The predicted molar refractivity (Wildman–Crippen MR) is 85.7 cm³/mol. The lowest BCUT2D eigenvalue weighted by molar-refractivity contribution is 0.0325. The van der Waals surface area contributed by atoms with Crippen molar-refractivity contribution in [3.8, 4) is 0 Å². The van der Waals surface area contributed by atoms with Crippen molar-refractivity contribution < 1.29 is 5.11 Å². The lowest BCUT2D eigenvalue weighted by Crippen LogP contribution is -2.31. The Bertz CT molecular complexity index is 371. The number of unbranched alkanes of at least 4 members (excludes halogenated alkanes) is 1. The molecule has 1 aliphatic carbocycles. The first-order chi connectivity index (χ1) is 9.66. The number of aliphatic hydroxyl groups excluding tert-OH is 1. The zero-order chi connectivity index (χ0) is 14.4. The summed E-state index contributed by atoms with van der Waals surface area (Å²) in [5.74, 6) is 2.15. The molecule has 0 saturated heterocycles. The molecule has 1 fully saturated rings. The van der Waals surface area contributed by atoms with Crippen LogP contribution in [0.3, 0.4) is 0 Å². The van der Waals surface area contributed by atoms with E-state index in [0.29, 0.717) is 5.92 Å². The monoisotopic (exact) mass is 274 g/mol. The summed E-state index contributed by atoms with van der Waals surface area (Å²) in [4.78, 5) is 0. The highest BCUT2D eigenvalue weighted by atomic mass is 16.3. The van der Waals surface area contributed by atoms with Crippen LogP contribution in [0.5, 0.6) is 0 Å². The highest BCUT2D eigenvalue weighted by molar-refractivity contribution is 5.14. The number of hydrogen-bond donors (Lipinski definition) is 1. The van der Waals surface area contributed by atoms with Gasteiger partial charge in [0.05, 0.1) is 6.10 Å². The van der Waals surface area contributed by atoms with Crippen LogP contribution in [0.4, 0.5) is 0 Å². The molecule has 0 spiro atoms. The van der Waals surface area contributed by atoms with E-state index >= 15 is 0 Å². The number of aliphatic hydroxyl groups is 1. The van der Waals surface area contributed by atoms with Gasteiger partial charge < -0.3 is 5.11 Å². The number of hydrogen-bond acceptors (Lipinski definition) is 1. The Morgan fingerprint density at radius 1 is 1.10 bits per heavy atom. The molecular weight excluding hydrogens is 244 g/mol. The summed E-state index contributed by atoms with van der Waals surface area (Å²) in [5.41, 5.74) is 1.44. The zero-order valence-corrected chi connectivity index (χ0v) is 13.1. The second kappa shape index (κ2) is 7.83. The molecule has 3 atom stereocenters. The van der Waals surface area contributed by atoms with Crippen LogP contribution in [0.2, 0.25) is 0 Å². The molecule has 1 aromatic carbocycles. The largest absolute Gasteiger partial charge is 0.393 e. The molecule has 0 aliphatic heterocycles. The fourth-order valence-electron chi connectivity index (χ4n) is 3.58. The van der Waals surface area contributed by atoms with Crippen molar-refractivity contribution in [1.82, 2.24) is 0 Å². The van der Waals surface area contributed by atoms with Gasteiger partial charge in [0.25, 0.3) is 0 Å². The summed E-state index contributed by atoms with van der Waals surface area (Å²) in [6.07, 6.45) is 8.33. The Balaban J connectivity index is 1.70. The third-order valence-electron chi connectivity index (χ3n) is 5.06. The van der Waals surface area contributed by atoms with Crippen molar-refractivity contribution in [3.63, 3.8) is 0 Å². The minimum Gasteiger partial charge on any atom is -0.393 e. The number of benzene rings is 1. The van der Waals surface area contributed by atoms with Crippen LogP contribution in [0.25, 0.3) is 0 Å². The summed E-state index contributed by atoms with van der Waals surface area (Å²) < 4.78 is 0. The van der Waals surface area contributed by atoms with E-state index in [9.17, 15) is 5.11 Å². The molecule has 20 heavy (non-hydrogen) atoms. The van der Waals surface area contributed by atoms with Crippen LogP contribution in [0.1, 0.15) is 57.9 Å². The lowest BCUT2D eigenvalue weighted by Gasteiger charge is -2.35. The zero-order valence-electron chi connectivity index (χ0n) is 13.1. The van der Waals surface area contributed by atoms with E-state index in [1.165, 1.54) is 44.1 Å². The van der Waals surface area contributed by atoms with Gasteiger partial charge in [-0.3, -0.25) is 0 Å². The summed E-state index contributed by atoms with van der Waals surface area (Å²) in [5, 5.41) is 10.2. The molecule has 1 nitrogen and oxygen atoms in total. The average molecular weight is 274 g/mol. The van der Waals surface area contributed by atoms with Gasteiger partial charge in [-0.05, 0) is 61.8 Å². The first-order valence-corrected chi connectivity index (χ1v) is 8.39.